The molecule has 1 aromatic heterocycles. The first-order valence-electron chi connectivity index (χ1n) is 6.02. The quantitative estimate of drug-likeness (QED) is 0.555. The van der Waals surface area contributed by atoms with Gasteiger partial charge in [0.15, 0.2) is 5.69 Å². The van der Waals surface area contributed by atoms with Crippen molar-refractivity contribution in [3.05, 3.63) is 31.7 Å². The molecule has 0 saturated heterocycles. The lowest BCUT2D eigenvalue weighted by molar-refractivity contribution is -0.488. The molecule has 0 aliphatic carbocycles. The molecule has 0 bridgehead atoms. The highest BCUT2D eigenvalue weighted by atomic mass is 16.6. The summed E-state index contributed by atoms with van der Waals surface area (Å²) in [5, 5.41) is 25.1. The van der Waals surface area contributed by atoms with Crippen molar-refractivity contribution < 1.29 is 14.4 Å². The second kappa shape index (κ2) is 6.26. The van der Waals surface area contributed by atoms with Crippen molar-refractivity contribution >= 4 is 5.69 Å². The minimum atomic E-state index is -0.556. The molecule has 1 rings (SSSR count). The Morgan fingerprint density at radius 1 is 1.32 bits per heavy atom. The van der Waals surface area contributed by atoms with E-state index >= 15 is 0 Å². The third-order valence-electron chi connectivity index (χ3n) is 2.77. The Hall–Kier alpha value is -1.99. The van der Waals surface area contributed by atoms with Crippen LogP contribution in [-0.2, 0) is 6.42 Å². The Bertz CT molecular complexity index is 469. The first-order chi connectivity index (χ1) is 8.81. The summed E-state index contributed by atoms with van der Waals surface area (Å²) in [4.78, 5) is 20.6. The molecule has 0 fully saturated rings. The van der Waals surface area contributed by atoms with Crippen molar-refractivity contribution in [2.24, 2.45) is 11.8 Å². The largest absolute Gasteiger partial charge is 0.354 e. The van der Waals surface area contributed by atoms with E-state index in [1.54, 1.807) is 0 Å². The Balaban J connectivity index is 2.89. The van der Waals surface area contributed by atoms with Crippen molar-refractivity contribution in [3.8, 4) is 0 Å². The number of hydrogen-bond donors (Lipinski definition) is 0. The van der Waals surface area contributed by atoms with Crippen LogP contribution < -0.4 is 0 Å². The number of nitrogens with zero attached hydrogens (tertiary/aromatic N) is 3. The van der Waals surface area contributed by atoms with Gasteiger partial charge in [-0.15, -0.1) is 0 Å². The lowest BCUT2D eigenvalue weighted by Crippen LogP contribution is -2.19. The van der Waals surface area contributed by atoms with Gasteiger partial charge in [0.25, 0.3) is 0 Å². The Kier molecular flexibility index (Phi) is 4.96. The fourth-order valence-corrected chi connectivity index (χ4v) is 2.14. The number of rotatable bonds is 7. The maximum absolute atomic E-state index is 10.9. The van der Waals surface area contributed by atoms with Crippen LogP contribution >= 0.6 is 0 Å². The highest BCUT2D eigenvalue weighted by Gasteiger charge is 2.28. The molecule has 1 atom stereocenters. The van der Waals surface area contributed by atoms with Gasteiger partial charge in [-0.3, -0.25) is 20.2 Å². The SMILES string of the molecule is Cc1noc(CC(CC(C)C)C[N+](=O)[O-])c1[N+](=O)[O-]. The predicted octanol–water partition coefficient (Wildman–Crippen LogP) is 2.37. The number of nitro groups is 2. The zero-order chi connectivity index (χ0) is 14.6. The van der Waals surface area contributed by atoms with Crippen LogP contribution in [0.1, 0.15) is 31.7 Å². The van der Waals surface area contributed by atoms with Crippen LogP contribution in [0.15, 0.2) is 4.52 Å². The zero-order valence-corrected chi connectivity index (χ0v) is 11.2. The fraction of sp³-hybridized carbons (Fsp3) is 0.727. The van der Waals surface area contributed by atoms with Gasteiger partial charge in [0.2, 0.25) is 12.3 Å². The van der Waals surface area contributed by atoms with E-state index in [9.17, 15) is 20.2 Å². The molecule has 0 spiro atoms. The van der Waals surface area contributed by atoms with E-state index in [-0.39, 0.29) is 41.9 Å². The summed E-state index contributed by atoms with van der Waals surface area (Å²) < 4.78 is 4.94. The van der Waals surface area contributed by atoms with Crippen LogP contribution in [0.4, 0.5) is 5.69 Å². The van der Waals surface area contributed by atoms with E-state index < -0.39 is 9.85 Å². The first-order valence-corrected chi connectivity index (χ1v) is 6.02. The average molecular weight is 271 g/mol. The normalized spacial score (nSPS) is 12.6. The molecule has 1 heterocycles. The van der Waals surface area contributed by atoms with Gasteiger partial charge in [-0.25, -0.2) is 0 Å². The Labute approximate surface area is 110 Å². The van der Waals surface area contributed by atoms with Crippen LogP contribution in [0, 0.1) is 39.0 Å². The molecule has 0 aromatic carbocycles. The summed E-state index contributed by atoms with van der Waals surface area (Å²) in [6, 6.07) is 0. The summed E-state index contributed by atoms with van der Waals surface area (Å²) in [5.41, 5.74) is 0.0292. The van der Waals surface area contributed by atoms with Crippen molar-refractivity contribution in [3.63, 3.8) is 0 Å². The molecule has 0 aliphatic rings. The average Bonchev–Trinajstić information content (AvgIpc) is 2.57. The number of aromatic nitrogens is 1. The van der Waals surface area contributed by atoms with E-state index in [1.165, 1.54) is 6.92 Å². The molecule has 0 saturated carbocycles. The van der Waals surface area contributed by atoms with E-state index in [0.29, 0.717) is 6.42 Å². The van der Waals surface area contributed by atoms with Crippen molar-refractivity contribution in [2.75, 3.05) is 6.54 Å². The highest BCUT2D eigenvalue weighted by Crippen LogP contribution is 2.27. The van der Waals surface area contributed by atoms with E-state index in [0.717, 1.165) is 0 Å². The molecule has 1 aromatic rings. The lowest BCUT2D eigenvalue weighted by Gasteiger charge is -2.12. The van der Waals surface area contributed by atoms with E-state index in [1.807, 2.05) is 13.8 Å². The Morgan fingerprint density at radius 3 is 2.42 bits per heavy atom. The standard InChI is InChI=1S/C11H17N3O5/c1-7(2)4-9(6-13(15)16)5-10-11(14(17)18)8(3)12-19-10/h7,9H,4-6H2,1-3H3. The van der Waals surface area contributed by atoms with Gasteiger partial charge in [-0.2, -0.15) is 0 Å². The summed E-state index contributed by atoms with van der Waals surface area (Å²) in [7, 11) is 0. The predicted molar refractivity (Wildman–Crippen MR) is 66.4 cm³/mol. The number of hydrogen-bond acceptors (Lipinski definition) is 6. The molecule has 19 heavy (non-hydrogen) atoms. The maximum atomic E-state index is 10.9. The molecule has 8 heteroatoms. The molecule has 1 unspecified atom stereocenters. The summed E-state index contributed by atoms with van der Waals surface area (Å²) in [5.74, 6) is 0.101. The maximum Gasteiger partial charge on any atom is 0.334 e. The van der Waals surface area contributed by atoms with Crippen LogP contribution in [0.5, 0.6) is 0 Å². The molecule has 0 radical (unpaired) electrons. The van der Waals surface area contributed by atoms with Crippen LogP contribution in [0.3, 0.4) is 0 Å². The van der Waals surface area contributed by atoms with Gasteiger partial charge < -0.3 is 4.52 Å². The van der Waals surface area contributed by atoms with Gasteiger partial charge >= 0.3 is 5.69 Å². The molecule has 8 nitrogen and oxygen atoms in total. The smallest absolute Gasteiger partial charge is 0.334 e. The monoisotopic (exact) mass is 271 g/mol. The molecule has 0 amide bonds. The zero-order valence-electron chi connectivity index (χ0n) is 11.2. The van der Waals surface area contributed by atoms with E-state index in [4.69, 9.17) is 4.52 Å². The van der Waals surface area contributed by atoms with Gasteiger partial charge in [-0.1, -0.05) is 19.0 Å². The number of aryl methyl sites for hydroxylation is 1. The summed E-state index contributed by atoms with van der Waals surface area (Å²) in [6.45, 7) is 5.16. The molecule has 106 valence electrons. The van der Waals surface area contributed by atoms with Gasteiger partial charge in [0.05, 0.1) is 4.92 Å². The van der Waals surface area contributed by atoms with E-state index in [2.05, 4.69) is 5.16 Å². The highest BCUT2D eigenvalue weighted by molar-refractivity contribution is 5.37. The molecule has 0 aliphatic heterocycles. The topological polar surface area (TPSA) is 112 Å². The molecular weight excluding hydrogens is 254 g/mol. The van der Waals surface area contributed by atoms with Crippen LogP contribution in [0.25, 0.3) is 0 Å². The second-order valence-electron chi connectivity index (χ2n) is 5.01. The molecular formula is C11H17N3O5. The van der Waals surface area contributed by atoms with Crippen LogP contribution in [-0.4, -0.2) is 21.5 Å². The minimum absolute atomic E-state index is 0.120. The Morgan fingerprint density at radius 2 is 1.95 bits per heavy atom. The third kappa shape index (κ3) is 4.31. The minimum Gasteiger partial charge on any atom is -0.354 e. The van der Waals surface area contributed by atoms with Crippen molar-refractivity contribution in [1.82, 2.24) is 5.16 Å². The third-order valence-corrected chi connectivity index (χ3v) is 2.77. The fourth-order valence-electron chi connectivity index (χ4n) is 2.14. The summed E-state index contributed by atoms with van der Waals surface area (Å²) in [6.07, 6.45) is 0.772. The lowest BCUT2D eigenvalue weighted by atomic mass is 9.93. The first kappa shape index (κ1) is 15.1. The van der Waals surface area contributed by atoms with Crippen molar-refractivity contribution in [1.29, 1.82) is 0 Å². The molecule has 0 N–H and O–H groups in total. The second-order valence-corrected chi connectivity index (χ2v) is 5.01. The van der Waals surface area contributed by atoms with Gasteiger partial charge in [-0.05, 0) is 19.3 Å². The van der Waals surface area contributed by atoms with Gasteiger partial charge in [0.1, 0.15) is 0 Å². The summed E-state index contributed by atoms with van der Waals surface area (Å²) >= 11 is 0. The van der Waals surface area contributed by atoms with Gasteiger partial charge in [0, 0.05) is 17.3 Å². The van der Waals surface area contributed by atoms with Crippen LogP contribution in [0.2, 0.25) is 0 Å². The van der Waals surface area contributed by atoms with Crippen molar-refractivity contribution in [2.45, 2.75) is 33.6 Å².